The molecule has 2 aromatic rings. The second kappa shape index (κ2) is 3.99. The van der Waals surface area contributed by atoms with Crippen LogP contribution in [0.1, 0.15) is 29.7 Å². The van der Waals surface area contributed by atoms with Crippen molar-refractivity contribution in [2.24, 2.45) is 5.84 Å². The minimum Gasteiger partial charge on any atom is -0.271 e. The molecule has 0 saturated carbocycles. The number of hydrazine groups is 1. The molecule has 3 N–H and O–H groups in total. The molecule has 0 aromatic heterocycles. The van der Waals surface area contributed by atoms with Crippen LogP contribution in [0, 0.1) is 0 Å². The SMILES string of the molecule is C[C@H](NN)c1ccc2c(c1)Cc1ccccc1-2. The van der Waals surface area contributed by atoms with Crippen molar-refractivity contribution in [1.82, 2.24) is 5.43 Å². The molecule has 2 aromatic carbocycles. The number of hydrogen-bond acceptors (Lipinski definition) is 2. The summed E-state index contributed by atoms with van der Waals surface area (Å²) in [6.07, 6.45) is 1.04. The molecule has 1 aliphatic rings. The van der Waals surface area contributed by atoms with E-state index in [1.54, 1.807) is 0 Å². The third-order valence-corrected chi connectivity index (χ3v) is 3.57. The number of fused-ring (bicyclic) bond motifs is 3. The van der Waals surface area contributed by atoms with E-state index in [4.69, 9.17) is 5.84 Å². The van der Waals surface area contributed by atoms with Gasteiger partial charge in [0.05, 0.1) is 0 Å². The quantitative estimate of drug-likeness (QED) is 0.519. The predicted molar refractivity (Wildman–Crippen MR) is 70.4 cm³/mol. The van der Waals surface area contributed by atoms with E-state index in [-0.39, 0.29) is 6.04 Å². The molecule has 17 heavy (non-hydrogen) atoms. The first-order valence-corrected chi connectivity index (χ1v) is 5.97. The number of nitrogens with one attached hydrogen (secondary N) is 1. The van der Waals surface area contributed by atoms with Gasteiger partial charge in [0.2, 0.25) is 0 Å². The predicted octanol–water partition coefficient (Wildman–Crippen LogP) is 2.78. The Morgan fingerprint density at radius 3 is 2.65 bits per heavy atom. The van der Waals surface area contributed by atoms with E-state index >= 15 is 0 Å². The van der Waals surface area contributed by atoms with E-state index in [2.05, 4.69) is 54.8 Å². The van der Waals surface area contributed by atoms with Crippen LogP contribution in [0.2, 0.25) is 0 Å². The van der Waals surface area contributed by atoms with Gasteiger partial charge in [-0.15, -0.1) is 0 Å². The summed E-state index contributed by atoms with van der Waals surface area (Å²) in [5.41, 5.74) is 9.62. The summed E-state index contributed by atoms with van der Waals surface area (Å²) in [5, 5.41) is 0. The molecule has 0 unspecified atom stereocenters. The first-order chi connectivity index (χ1) is 8.29. The summed E-state index contributed by atoms with van der Waals surface area (Å²) in [6.45, 7) is 2.07. The van der Waals surface area contributed by atoms with Crippen LogP contribution >= 0.6 is 0 Å². The summed E-state index contributed by atoms with van der Waals surface area (Å²) in [5.74, 6) is 5.48. The molecule has 1 aliphatic carbocycles. The summed E-state index contributed by atoms with van der Waals surface area (Å²) >= 11 is 0. The van der Waals surface area contributed by atoms with Crippen LogP contribution in [-0.4, -0.2) is 0 Å². The largest absolute Gasteiger partial charge is 0.271 e. The fourth-order valence-electron chi connectivity index (χ4n) is 2.53. The standard InChI is InChI=1S/C15H16N2/c1-10(17-16)11-6-7-15-13(8-11)9-12-4-2-3-5-14(12)15/h2-8,10,17H,9,16H2,1H3/t10-/m0/s1. The Balaban J connectivity index is 2.07. The summed E-state index contributed by atoms with van der Waals surface area (Å²) in [7, 11) is 0. The topological polar surface area (TPSA) is 38.0 Å². The molecule has 0 amide bonds. The fraction of sp³-hybridized carbons (Fsp3) is 0.200. The van der Waals surface area contributed by atoms with Gasteiger partial charge in [-0.05, 0) is 41.2 Å². The lowest BCUT2D eigenvalue weighted by Gasteiger charge is -2.11. The van der Waals surface area contributed by atoms with E-state index in [1.807, 2.05) is 0 Å². The van der Waals surface area contributed by atoms with Gasteiger partial charge in [-0.25, -0.2) is 0 Å². The van der Waals surface area contributed by atoms with E-state index in [0.717, 1.165) is 6.42 Å². The zero-order chi connectivity index (χ0) is 11.8. The Labute approximate surface area is 101 Å². The Morgan fingerprint density at radius 2 is 1.82 bits per heavy atom. The average molecular weight is 224 g/mol. The zero-order valence-corrected chi connectivity index (χ0v) is 9.90. The molecule has 1 atom stereocenters. The Bertz CT molecular complexity index is 561. The highest BCUT2D eigenvalue weighted by Crippen LogP contribution is 2.37. The molecule has 86 valence electrons. The normalized spacial score (nSPS) is 14.2. The second-order valence-corrected chi connectivity index (χ2v) is 4.64. The van der Waals surface area contributed by atoms with Crippen LogP contribution in [-0.2, 0) is 6.42 Å². The average Bonchev–Trinajstić information content (AvgIpc) is 2.75. The number of hydrogen-bond donors (Lipinski definition) is 2. The maximum Gasteiger partial charge on any atom is 0.0431 e. The fourth-order valence-corrected chi connectivity index (χ4v) is 2.53. The molecular weight excluding hydrogens is 208 g/mol. The van der Waals surface area contributed by atoms with Crippen molar-refractivity contribution >= 4 is 0 Å². The van der Waals surface area contributed by atoms with Crippen molar-refractivity contribution in [2.75, 3.05) is 0 Å². The maximum atomic E-state index is 5.48. The second-order valence-electron chi connectivity index (χ2n) is 4.64. The summed E-state index contributed by atoms with van der Waals surface area (Å²) in [4.78, 5) is 0. The summed E-state index contributed by atoms with van der Waals surface area (Å²) in [6, 6.07) is 15.5. The van der Waals surface area contributed by atoms with Crippen molar-refractivity contribution in [3.05, 3.63) is 59.2 Å². The van der Waals surface area contributed by atoms with Crippen molar-refractivity contribution in [3.8, 4) is 11.1 Å². The molecule has 0 aliphatic heterocycles. The van der Waals surface area contributed by atoms with E-state index in [9.17, 15) is 0 Å². The van der Waals surface area contributed by atoms with Gasteiger partial charge in [-0.3, -0.25) is 11.3 Å². The highest BCUT2D eigenvalue weighted by molar-refractivity contribution is 5.76. The van der Waals surface area contributed by atoms with Crippen LogP contribution in [0.3, 0.4) is 0 Å². The highest BCUT2D eigenvalue weighted by atomic mass is 15.2. The lowest BCUT2D eigenvalue weighted by atomic mass is 10.0. The van der Waals surface area contributed by atoms with Crippen LogP contribution < -0.4 is 11.3 Å². The van der Waals surface area contributed by atoms with Crippen molar-refractivity contribution in [1.29, 1.82) is 0 Å². The van der Waals surface area contributed by atoms with Crippen molar-refractivity contribution in [2.45, 2.75) is 19.4 Å². The molecule has 2 nitrogen and oxygen atoms in total. The maximum absolute atomic E-state index is 5.48. The third-order valence-electron chi connectivity index (χ3n) is 3.57. The molecule has 0 bridgehead atoms. The van der Waals surface area contributed by atoms with Crippen molar-refractivity contribution in [3.63, 3.8) is 0 Å². The lowest BCUT2D eigenvalue weighted by Crippen LogP contribution is -2.25. The van der Waals surface area contributed by atoms with E-state index in [0.29, 0.717) is 0 Å². The molecule has 2 heteroatoms. The van der Waals surface area contributed by atoms with E-state index < -0.39 is 0 Å². The minimum atomic E-state index is 0.198. The minimum absolute atomic E-state index is 0.198. The molecule has 0 radical (unpaired) electrons. The van der Waals surface area contributed by atoms with Gasteiger partial charge >= 0.3 is 0 Å². The van der Waals surface area contributed by atoms with Gasteiger partial charge in [-0.1, -0.05) is 42.5 Å². The first kappa shape index (κ1) is 10.5. The smallest absolute Gasteiger partial charge is 0.0431 e. The van der Waals surface area contributed by atoms with Gasteiger partial charge in [0, 0.05) is 6.04 Å². The molecular formula is C15H16N2. The van der Waals surface area contributed by atoms with Crippen molar-refractivity contribution < 1.29 is 0 Å². The number of benzene rings is 2. The van der Waals surface area contributed by atoms with Gasteiger partial charge in [-0.2, -0.15) is 0 Å². The molecule has 0 heterocycles. The zero-order valence-electron chi connectivity index (χ0n) is 9.90. The first-order valence-electron chi connectivity index (χ1n) is 5.97. The van der Waals surface area contributed by atoms with Gasteiger partial charge in [0.25, 0.3) is 0 Å². The van der Waals surface area contributed by atoms with Crippen LogP contribution in [0.5, 0.6) is 0 Å². The Kier molecular flexibility index (Phi) is 2.46. The third kappa shape index (κ3) is 1.66. The molecule has 0 fully saturated rings. The van der Waals surface area contributed by atoms with Crippen LogP contribution in [0.25, 0.3) is 11.1 Å². The Hall–Kier alpha value is -1.64. The van der Waals surface area contributed by atoms with Crippen LogP contribution in [0.4, 0.5) is 0 Å². The van der Waals surface area contributed by atoms with Gasteiger partial charge in [0.15, 0.2) is 0 Å². The lowest BCUT2D eigenvalue weighted by molar-refractivity contribution is 0.602. The number of rotatable bonds is 2. The summed E-state index contributed by atoms with van der Waals surface area (Å²) < 4.78 is 0. The van der Waals surface area contributed by atoms with Gasteiger partial charge in [0.1, 0.15) is 0 Å². The molecule has 3 rings (SSSR count). The Morgan fingerprint density at radius 1 is 1.06 bits per heavy atom. The van der Waals surface area contributed by atoms with Crippen LogP contribution in [0.15, 0.2) is 42.5 Å². The van der Waals surface area contributed by atoms with Gasteiger partial charge < -0.3 is 0 Å². The van der Waals surface area contributed by atoms with E-state index in [1.165, 1.54) is 27.8 Å². The monoisotopic (exact) mass is 224 g/mol. The molecule has 0 saturated heterocycles. The highest BCUT2D eigenvalue weighted by Gasteiger charge is 2.18. The molecule has 0 spiro atoms. The number of nitrogens with two attached hydrogens (primary N) is 1.